The Hall–Kier alpha value is -2.47. The molecule has 1 aromatic carbocycles. The molecule has 0 bridgehead atoms. The lowest BCUT2D eigenvalue weighted by atomic mass is 10.1. The van der Waals surface area contributed by atoms with E-state index in [0.29, 0.717) is 5.39 Å². The zero-order chi connectivity index (χ0) is 19.5. The smallest absolute Gasteiger partial charge is 0.275 e. The molecule has 0 saturated heterocycles. The van der Waals surface area contributed by atoms with Crippen LogP contribution in [0.3, 0.4) is 0 Å². The van der Waals surface area contributed by atoms with E-state index >= 15 is 0 Å². The van der Waals surface area contributed by atoms with Gasteiger partial charge >= 0.3 is 0 Å². The highest BCUT2D eigenvalue weighted by molar-refractivity contribution is 7.13. The van der Waals surface area contributed by atoms with Crippen LogP contribution >= 0.6 is 11.3 Å². The predicted molar refractivity (Wildman–Crippen MR) is 114 cm³/mol. The summed E-state index contributed by atoms with van der Waals surface area (Å²) in [5.41, 5.74) is 0.527. The first-order chi connectivity index (χ1) is 13.6. The molecule has 1 atom stereocenters. The number of carbonyl (C=O) groups is 1. The molecule has 1 fully saturated rings. The number of amides is 1. The lowest BCUT2D eigenvalue weighted by Gasteiger charge is -2.21. The van der Waals surface area contributed by atoms with Crippen LogP contribution in [0, 0.1) is 0 Å². The number of fused-ring (bicyclic) bond motifs is 1. The third kappa shape index (κ3) is 3.74. The highest BCUT2D eigenvalue weighted by Gasteiger charge is 2.23. The molecule has 0 spiro atoms. The van der Waals surface area contributed by atoms with Crippen LogP contribution in [0.5, 0.6) is 0 Å². The molecule has 2 heterocycles. The average Bonchev–Trinajstić information content (AvgIpc) is 3.13. The Morgan fingerprint density at radius 1 is 1.11 bits per heavy atom. The van der Waals surface area contributed by atoms with Crippen LogP contribution in [-0.4, -0.2) is 21.7 Å². The van der Waals surface area contributed by atoms with Gasteiger partial charge in [-0.2, -0.15) is 5.10 Å². The monoisotopic (exact) mass is 395 g/mol. The van der Waals surface area contributed by atoms with Gasteiger partial charge < -0.3 is 5.32 Å². The van der Waals surface area contributed by atoms with Gasteiger partial charge in [0.15, 0.2) is 0 Å². The van der Waals surface area contributed by atoms with Crippen molar-refractivity contribution in [2.24, 2.45) is 0 Å². The summed E-state index contributed by atoms with van der Waals surface area (Å²) in [7, 11) is 0. The molecular weight excluding hydrogens is 370 g/mol. The Kier molecular flexibility index (Phi) is 5.57. The maximum absolute atomic E-state index is 13.1. The fourth-order valence-electron chi connectivity index (χ4n) is 3.92. The first-order valence-corrected chi connectivity index (χ1v) is 10.9. The SMILES string of the molecule is CC(C(=O)NC1CCCCCC1)n1nc(-c2cccs2)c2ccccc2c1=O. The molecule has 6 heteroatoms. The minimum atomic E-state index is -0.654. The number of rotatable bonds is 4. The molecule has 2 aromatic heterocycles. The lowest BCUT2D eigenvalue weighted by molar-refractivity contribution is -0.125. The average molecular weight is 396 g/mol. The molecule has 1 amide bonds. The van der Waals surface area contributed by atoms with Crippen molar-refractivity contribution < 1.29 is 4.79 Å². The van der Waals surface area contributed by atoms with E-state index in [-0.39, 0.29) is 17.5 Å². The van der Waals surface area contributed by atoms with Crippen LogP contribution < -0.4 is 10.9 Å². The van der Waals surface area contributed by atoms with E-state index in [1.165, 1.54) is 17.5 Å². The normalized spacial score (nSPS) is 16.6. The zero-order valence-corrected chi connectivity index (χ0v) is 16.9. The molecule has 1 saturated carbocycles. The predicted octanol–water partition coefficient (Wildman–Crippen LogP) is 4.53. The molecule has 1 N–H and O–H groups in total. The number of carbonyl (C=O) groups excluding carboxylic acids is 1. The minimum Gasteiger partial charge on any atom is -0.352 e. The van der Waals surface area contributed by atoms with Crippen LogP contribution in [0.25, 0.3) is 21.3 Å². The summed E-state index contributed by atoms with van der Waals surface area (Å²) in [6.07, 6.45) is 6.79. The lowest BCUT2D eigenvalue weighted by Crippen LogP contribution is -2.42. The van der Waals surface area contributed by atoms with Crippen molar-refractivity contribution in [1.29, 1.82) is 0 Å². The molecular formula is C22H25N3O2S. The largest absolute Gasteiger partial charge is 0.352 e. The van der Waals surface area contributed by atoms with E-state index in [4.69, 9.17) is 0 Å². The van der Waals surface area contributed by atoms with E-state index in [9.17, 15) is 9.59 Å². The highest BCUT2D eigenvalue weighted by atomic mass is 32.1. The van der Waals surface area contributed by atoms with Crippen molar-refractivity contribution >= 4 is 28.0 Å². The number of benzene rings is 1. The number of aromatic nitrogens is 2. The van der Waals surface area contributed by atoms with Crippen LogP contribution in [0.2, 0.25) is 0 Å². The number of nitrogens with one attached hydrogen (secondary N) is 1. The molecule has 28 heavy (non-hydrogen) atoms. The highest BCUT2D eigenvalue weighted by Crippen LogP contribution is 2.28. The second kappa shape index (κ2) is 8.27. The topological polar surface area (TPSA) is 64.0 Å². The Bertz CT molecular complexity index is 1020. The summed E-state index contributed by atoms with van der Waals surface area (Å²) in [6.45, 7) is 1.76. The van der Waals surface area contributed by atoms with Crippen LogP contribution in [0.15, 0.2) is 46.6 Å². The van der Waals surface area contributed by atoms with E-state index in [1.807, 2.05) is 41.8 Å². The third-order valence-electron chi connectivity index (χ3n) is 5.53. The first kappa shape index (κ1) is 18.9. The van der Waals surface area contributed by atoms with Crippen molar-refractivity contribution in [2.75, 3.05) is 0 Å². The van der Waals surface area contributed by atoms with E-state index in [1.54, 1.807) is 18.3 Å². The Morgan fingerprint density at radius 2 is 1.82 bits per heavy atom. The van der Waals surface area contributed by atoms with E-state index < -0.39 is 6.04 Å². The maximum atomic E-state index is 13.1. The molecule has 3 aromatic rings. The standard InChI is InChI=1S/C22H25N3O2S/c1-15(21(26)23-16-9-4-2-3-5-10-16)25-22(27)18-12-7-6-11-17(18)20(24-25)19-13-8-14-28-19/h6-8,11-16H,2-5,9-10H2,1H3,(H,23,26). The van der Waals surface area contributed by atoms with Gasteiger partial charge in [-0.05, 0) is 37.3 Å². The summed E-state index contributed by atoms with van der Waals surface area (Å²) in [5, 5.41) is 11.2. The van der Waals surface area contributed by atoms with Crippen molar-refractivity contribution in [3.05, 3.63) is 52.1 Å². The van der Waals surface area contributed by atoms with Crippen molar-refractivity contribution in [3.63, 3.8) is 0 Å². The molecule has 1 aliphatic carbocycles. The summed E-state index contributed by atoms with van der Waals surface area (Å²) < 4.78 is 1.35. The quantitative estimate of drug-likeness (QED) is 0.661. The summed E-state index contributed by atoms with van der Waals surface area (Å²) in [6, 6.07) is 11.0. The first-order valence-electron chi connectivity index (χ1n) is 10.0. The number of nitrogens with zero attached hydrogens (tertiary/aromatic N) is 2. The summed E-state index contributed by atoms with van der Waals surface area (Å²) >= 11 is 1.58. The zero-order valence-electron chi connectivity index (χ0n) is 16.1. The second-order valence-corrected chi connectivity index (χ2v) is 8.44. The van der Waals surface area contributed by atoms with Gasteiger partial charge in [0.05, 0.1) is 10.3 Å². The van der Waals surface area contributed by atoms with Crippen LogP contribution in [-0.2, 0) is 4.79 Å². The molecule has 0 radical (unpaired) electrons. The minimum absolute atomic E-state index is 0.131. The summed E-state index contributed by atoms with van der Waals surface area (Å²) in [5.74, 6) is -0.131. The number of hydrogen-bond acceptors (Lipinski definition) is 4. The Morgan fingerprint density at radius 3 is 2.50 bits per heavy atom. The van der Waals surface area contributed by atoms with Crippen LogP contribution in [0.4, 0.5) is 0 Å². The fourth-order valence-corrected chi connectivity index (χ4v) is 4.64. The molecule has 146 valence electrons. The van der Waals surface area contributed by atoms with Crippen molar-refractivity contribution in [3.8, 4) is 10.6 Å². The number of hydrogen-bond donors (Lipinski definition) is 1. The third-order valence-corrected chi connectivity index (χ3v) is 6.41. The van der Waals surface area contributed by atoms with Gasteiger partial charge in [-0.3, -0.25) is 9.59 Å². The van der Waals surface area contributed by atoms with Gasteiger partial charge in [-0.1, -0.05) is 49.9 Å². The van der Waals surface area contributed by atoms with Crippen molar-refractivity contribution in [2.45, 2.75) is 57.5 Å². The van der Waals surface area contributed by atoms with Gasteiger partial charge in [0.2, 0.25) is 5.91 Å². The maximum Gasteiger partial charge on any atom is 0.275 e. The van der Waals surface area contributed by atoms with Gasteiger partial charge in [-0.15, -0.1) is 11.3 Å². The molecule has 5 nitrogen and oxygen atoms in total. The molecule has 1 unspecified atom stereocenters. The van der Waals surface area contributed by atoms with Crippen LogP contribution in [0.1, 0.15) is 51.5 Å². The Balaban J connectivity index is 1.70. The molecule has 4 rings (SSSR count). The van der Waals surface area contributed by atoms with E-state index in [2.05, 4.69) is 10.4 Å². The van der Waals surface area contributed by atoms with Gasteiger partial charge in [0.1, 0.15) is 11.7 Å². The summed E-state index contributed by atoms with van der Waals surface area (Å²) in [4.78, 5) is 27.0. The van der Waals surface area contributed by atoms with Gasteiger partial charge in [0.25, 0.3) is 5.56 Å². The van der Waals surface area contributed by atoms with E-state index in [0.717, 1.165) is 41.6 Å². The van der Waals surface area contributed by atoms with Gasteiger partial charge in [0, 0.05) is 11.4 Å². The molecule has 1 aliphatic rings. The fraction of sp³-hybridized carbons (Fsp3) is 0.409. The number of thiophene rings is 1. The Labute approximate surface area is 168 Å². The van der Waals surface area contributed by atoms with Crippen molar-refractivity contribution in [1.82, 2.24) is 15.1 Å². The second-order valence-electron chi connectivity index (χ2n) is 7.49. The van der Waals surface area contributed by atoms with Gasteiger partial charge in [-0.25, -0.2) is 4.68 Å². The molecule has 0 aliphatic heterocycles.